The lowest BCUT2D eigenvalue weighted by Gasteiger charge is -2.45. The van der Waals surface area contributed by atoms with Crippen molar-refractivity contribution in [2.24, 2.45) is 5.73 Å². The number of fused-ring (bicyclic) bond motifs is 1. The van der Waals surface area contributed by atoms with Gasteiger partial charge in [-0.3, -0.25) is 9.59 Å². The molecule has 7 nitrogen and oxygen atoms in total. The van der Waals surface area contributed by atoms with Gasteiger partial charge < -0.3 is 20.6 Å². The molecule has 152 valence electrons. The topological polar surface area (TPSA) is 104 Å². The van der Waals surface area contributed by atoms with E-state index in [-0.39, 0.29) is 11.8 Å². The van der Waals surface area contributed by atoms with E-state index in [1.54, 1.807) is 4.90 Å². The Kier molecular flexibility index (Phi) is 6.67. The van der Waals surface area contributed by atoms with Gasteiger partial charge in [0, 0.05) is 6.54 Å². The minimum Gasteiger partial charge on any atom is -0.480 e. The molecule has 0 radical (unpaired) electrons. The van der Waals surface area contributed by atoms with E-state index in [9.17, 15) is 19.5 Å². The normalized spacial score (nSPS) is 23.0. The van der Waals surface area contributed by atoms with Gasteiger partial charge in [-0.25, -0.2) is 4.79 Å². The molecule has 2 saturated heterocycles. The van der Waals surface area contributed by atoms with Gasteiger partial charge in [-0.2, -0.15) is 0 Å². The molecule has 1 aromatic carbocycles. The second kappa shape index (κ2) is 9.19. The number of piperazine rings is 1. The van der Waals surface area contributed by atoms with Gasteiger partial charge in [0.25, 0.3) is 0 Å². The number of hydrogen-bond acceptors (Lipinski definition) is 4. The van der Waals surface area contributed by atoms with E-state index in [2.05, 4.69) is 0 Å². The van der Waals surface area contributed by atoms with E-state index in [4.69, 9.17) is 5.73 Å². The summed E-state index contributed by atoms with van der Waals surface area (Å²) < 4.78 is 0. The SMILES string of the molecule is NCCCC[C@H]1C(=O)N2CCCC2C(=O)N1[C@@H](CCc1ccccc1)C(=O)O. The summed E-state index contributed by atoms with van der Waals surface area (Å²) in [5.74, 6) is -1.37. The fourth-order valence-electron chi connectivity index (χ4n) is 4.37. The van der Waals surface area contributed by atoms with Crippen LogP contribution in [0.5, 0.6) is 0 Å². The molecular formula is C21H29N3O4. The van der Waals surface area contributed by atoms with Crippen LogP contribution >= 0.6 is 0 Å². The van der Waals surface area contributed by atoms with Crippen molar-refractivity contribution in [2.45, 2.75) is 63.1 Å². The predicted molar refractivity (Wildman–Crippen MR) is 104 cm³/mol. The predicted octanol–water partition coefficient (Wildman–Crippen LogP) is 1.40. The molecule has 3 atom stereocenters. The van der Waals surface area contributed by atoms with Crippen LogP contribution in [0.1, 0.15) is 44.1 Å². The van der Waals surface area contributed by atoms with Crippen LogP contribution in [0.25, 0.3) is 0 Å². The molecule has 7 heteroatoms. The standard InChI is InChI=1S/C21H29N3O4/c22-13-5-4-9-17-19(25)23-14-6-10-16(23)20(26)24(17)18(21(27)28)12-11-15-7-2-1-3-8-15/h1-3,7-8,16-18H,4-6,9-14,22H2,(H,27,28)/t16?,17-,18-/m0/s1. The highest BCUT2D eigenvalue weighted by atomic mass is 16.4. The second-order valence-corrected chi connectivity index (χ2v) is 7.61. The Morgan fingerprint density at radius 3 is 2.61 bits per heavy atom. The largest absolute Gasteiger partial charge is 0.480 e. The first kappa shape index (κ1) is 20.3. The van der Waals surface area contributed by atoms with Crippen molar-refractivity contribution in [3.8, 4) is 0 Å². The molecule has 3 N–H and O–H groups in total. The third-order valence-corrected chi connectivity index (χ3v) is 5.80. The highest BCUT2D eigenvalue weighted by molar-refractivity contribution is 5.99. The summed E-state index contributed by atoms with van der Waals surface area (Å²) in [7, 11) is 0. The van der Waals surface area contributed by atoms with E-state index in [0.717, 1.165) is 18.4 Å². The van der Waals surface area contributed by atoms with Crippen LogP contribution in [-0.4, -0.2) is 63.9 Å². The number of rotatable bonds is 9. The zero-order valence-electron chi connectivity index (χ0n) is 16.1. The zero-order valence-corrected chi connectivity index (χ0v) is 16.1. The smallest absolute Gasteiger partial charge is 0.326 e. The van der Waals surface area contributed by atoms with Crippen molar-refractivity contribution >= 4 is 17.8 Å². The lowest BCUT2D eigenvalue weighted by atomic mass is 9.95. The van der Waals surface area contributed by atoms with Crippen molar-refractivity contribution in [1.82, 2.24) is 9.80 Å². The molecule has 0 saturated carbocycles. The van der Waals surface area contributed by atoms with Gasteiger partial charge >= 0.3 is 5.97 Å². The minimum absolute atomic E-state index is 0.106. The van der Waals surface area contributed by atoms with Crippen LogP contribution < -0.4 is 5.73 Å². The monoisotopic (exact) mass is 387 g/mol. The number of carbonyl (C=O) groups is 3. The maximum Gasteiger partial charge on any atom is 0.326 e. The van der Waals surface area contributed by atoms with E-state index < -0.39 is 24.1 Å². The third kappa shape index (κ3) is 4.19. The Balaban J connectivity index is 1.83. The number of carboxylic acid groups (broad SMARTS) is 1. The molecule has 1 unspecified atom stereocenters. The molecule has 0 spiro atoms. The molecule has 0 aliphatic carbocycles. The van der Waals surface area contributed by atoms with Crippen LogP contribution in [0.2, 0.25) is 0 Å². The van der Waals surface area contributed by atoms with Crippen LogP contribution in [0.3, 0.4) is 0 Å². The van der Waals surface area contributed by atoms with Gasteiger partial charge in [0.1, 0.15) is 18.1 Å². The number of carboxylic acids is 1. The number of hydrogen-bond donors (Lipinski definition) is 2. The van der Waals surface area contributed by atoms with Crippen LogP contribution in [0.4, 0.5) is 0 Å². The minimum atomic E-state index is -1.05. The summed E-state index contributed by atoms with van der Waals surface area (Å²) in [5, 5.41) is 9.90. The average molecular weight is 387 g/mol. The summed E-state index contributed by atoms with van der Waals surface area (Å²) in [4.78, 5) is 41.4. The molecule has 2 fully saturated rings. The Bertz CT molecular complexity index is 709. The van der Waals surface area contributed by atoms with Crippen LogP contribution in [-0.2, 0) is 20.8 Å². The molecule has 2 heterocycles. The van der Waals surface area contributed by atoms with Gasteiger partial charge in [-0.05, 0) is 57.1 Å². The number of amides is 2. The molecule has 2 aliphatic heterocycles. The van der Waals surface area contributed by atoms with Gasteiger partial charge in [0.2, 0.25) is 11.8 Å². The Morgan fingerprint density at radius 1 is 1.18 bits per heavy atom. The lowest BCUT2D eigenvalue weighted by molar-refractivity contribution is -0.168. The maximum atomic E-state index is 13.2. The summed E-state index contributed by atoms with van der Waals surface area (Å²) in [5.41, 5.74) is 6.60. The molecule has 1 aromatic rings. The van der Waals surface area contributed by atoms with E-state index in [1.807, 2.05) is 30.3 Å². The quantitative estimate of drug-likeness (QED) is 0.624. The summed E-state index contributed by atoms with van der Waals surface area (Å²) >= 11 is 0. The van der Waals surface area contributed by atoms with Crippen molar-refractivity contribution in [3.63, 3.8) is 0 Å². The van der Waals surface area contributed by atoms with Crippen molar-refractivity contribution < 1.29 is 19.5 Å². The second-order valence-electron chi connectivity index (χ2n) is 7.61. The van der Waals surface area contributed by atoms with E-state index in [1.165, 1.54) is 4.90 Å². The fourth-order valence-corrected chi connectivity index (χ4v) is 4.37. The van der Waals surface area contributed by atoms with E-state index >= 15 is 0 Å². The van der Waals surface area contributed by atoms with Gasteiger partial charge in [-0.1, -0.05) is 30.3 Å². The fraction of sp³-hybridized carbons (Fsp3) is 0.571. The number of unbranched alkanes of at least 4 members (excludes halogenated alkanes) is 1. The van der Waals surface area contributed by atoms with Gasteiger partial charge in [0.05, 0.1) is 0 Å². The van der Waals surface area contributed by atoms with Gasteiger partial charge in [-0.15, -0.1) is 0 Å². The van der Waals surface area contributed by atoms with Gasteiger partial charge in [0.15, 0.2) is 0 Å². The molecule has 2 amide bonds. The lowest BCUT2D eigenvalue weighted by Crippen LogP contribution is -2.66. The summed E-state index contributed by atoms with van der Waals surface area (Å²) in [6, 6.07) is 7.41. The number of nitrogens with two attached hydrogens (primary N) is 1. The number of nitrogens with zero attached hydrogens (tertiary/aromatic N) is 2. The first-order valence-electron chi connectivity index (χ1n) is 10.1. The molecule has 28 heavy (non-hydrogen) atoms. The molecular weight excluding hydrogens is 358 g/mol. The highest BCUT2D eigenvalue weighted by Crippen LogP contribution is 2.31. The van der Waals surface area contributed by atoms with E-state index in [0.29, 0.717) is 45.2 Å². The first-order chi connectivity index (χ1) is 13.5. The molecule has 3 rings (SSSR count). The Morgan fingerprint density at radius 2 is 1.93 bits per heavy atom. The van der Waals surface area contributed by atoms with Crippen molar-refractivity contribution in [2.75, 3.05) is 13.1 Å². The first-order valence-corrected chi connectivity index (χ1v) is 10.1. The highest BCUT2D eigenvalue weighted by Gasteiger charge is 2.50. The number of benzene rings is 1. The van der Waals surface area contributed by atoms with Crippen LogP contribution in [0.15, 0.2) is 30.3 Å². The van der Waals surface area contributed by atoms with Crippen molar-refractivity contribution in [1.29, 1.82) is 0 Å². The Labute approximate surface area is 165 Å². The van der Waals surface area contributed by atoms with Crippen LogP contribution in [0, 0.1) is 0 Å². The number of aliphatic carboxylic acids is 1. The third-order valence-electron chi connectivity index (χ3n) is 5.80. The van der Waals surface area contributed by atoms with Crippen molar-refractivity contribution in [3.05, 3.63) is 35.9 Å². The summed E-state index contributed by atoms with van der Waals surface area (Å²) in [6.07, 6.45) is 4.13. The number of aryl methyl sites for hydroxylation is 1. The number of carbonyl (C=O) groups excluding carboxylic acids is 2. The Hall–Kier alpha value is -2.41. The summed E-state index contributed by atoms with van der Waals surface area (Å²) in [6.45, 7) is 1.09. The zero-order chi connectivity index (χ0) is 20.1. The molecule has 0 bridgehead atoms. The molecule has 2 aliphatic rings. The average Bonchev–Trinajstić information content (AvgIpc) is 3.18. The maximum absolute atomic E-state index is 13.2. The molecule has 0 aromatic heterocycles.